The van der Waals surface area contributed by atoms with Crippen molar-refractivity contribution in [2.75, 3.05) is 0 Å². The van der Waals surface area contributed by atoms with Crippen LogP contribution in [0.2, 0.25) is 0 Å². The molecule has 0 saturated heterocycles. The largest absolute Gasteiger partial charge is 0.481 e. The van der Waals surface area contributed by atoms with Gasteiger partial charge in [0.25, 0.3) is 0 Å². The van der Waals surface area contributed by atoms with E-state index in [2.05, 4.69) is 0 Å². The van der Waals surface area contributed by atoms with Gasteiger partial charge in [-0.15, -0.1) is 0 Å². The first-order chi connectivity index (χ1) is 11.3. The van der Waals surface area contributed by atoms with E-state index < -0.39 is 23.3 Å². The molecular formula is C18H24O6. The summed E-state index contributed by atoms with van der Waals surface area (Å²) >= 11 is 0. The Bertz CT molecular complexity index is 554. The SMILES string of the molecule is CC(CCCCC(=O)O)(CCC(=O)OCc1ccccc1)C(=O)O. The van der Waals surface area contributed by atoms with Gasteiger partial charge in [-0.3, -0.25) is 14.4 Å². The summed E-state index contributed by atoms with van der Waals surface area (Å²) in [5, 5.41) is 18.0. The Hall–Kier alpha value is -2.37. The zero-order valence-corrected chi connectivity index (χ0v) is 13.9. The second-order valence-electron chi connectivity index (χ2n) is 6.11. The molecule has 1 atom stereocenters. The highest BCUT2D eigenvalue weighted by Crippen LogP contribution is 2.30. The number of carbonyl (C=O) groups excluding carboxylic acids is 1. The number of unbranched alkanes of at least 4 members (excludes halogenated alkanes) is 1. The Balaban J connectivity index is 2.39. The lowest BCUT2D eigenvalue weighted by Gasteiger charge is -2.24. The van der Waals surface area contributed by atoms with Gasteiger partial charge in [0.15, 0.2) is 0 Å². The molecule has 1 aromatic rings. The van der Waals surface area contributed by atoms with Gasteiger partial charge in [0, 0.05) is 12.8 Å². The predicted octanol–water partition coefficient (Wildman–Crippen LogP) is 3.25. The normalized spacial score (nSPS) is 13.0. The van der Waals surface area contributed by atoms with E-state index in [-0.39, 0.29) is 25.9 Å². The molecule has 6 nitrogen and oxygen atoms in total. The molecule has 0 fully saturated rings. The van der Waals surface area contributed by atoms with Crippen molar-refractivity contribution >= 4 is 17.9 Å². The maximum absolute atomic E-state index is 11.8. The Labute approximate surface area is 141 Å². The number of carboxylic acids is 2. The molecule has 1 aromatic carbocycles. The molecule has 0 radical (unpaired) electrons. The number of carboxylic acid groups (broad SMARTS) is 2. The van der Waals surface area contributed by atoms with Crippen LogP contribution < -0.4 is 0 Å². The van der Waals surface area contributed by atoms with Crippen molar-refractivity contribution in [3.8, 4) is 0 Å². The van der Waals surface area contributed by atoms with Crippen molar-refractivity contribution < 1.29 is 29.3 Å². The van der Waals surface area contributed by atoms with Crippen molar-refractivity contribution in [1.29, 1.82) is 0 Å². The lowest BCUT2D eigenvalue weighted by Crippen LogP contribution is -2.28. The van der Waals surface area contributed by atoms with Crippen molar-refractivity contribution in [3.63, 3.8) is 0 Å². The molecule has 1 rings (SSSR count). The third-order valence-corrected chi connectivity index (χ3v) is 4.01. The van der Waals surface area contributed by atoms with Gasteiger partial charge in [-0.2, -0.15) is 0 Å². The summed E-state index contributed by atoms with van der Waals surface area (Å²) in [5.74, 6) is -2.30. The fourth-order valence-corrected chi connectivity index (χ4v) is 2.32. The number of aliphatic carboxylic acids is 2. The first kappa shape index (κ1) is 19.7. The van der Waals surface area contributed by atoms with E-state index in [1.165, 1.54) is 0 Å². The third-order valence-electron chi connectivity index (χ3n) is 4.01. The standard InChI is InChI=1S/C18H24O6/c1-18(17(22)23,11-6-5-9-15(19)20)12-10-16(21)24-13-14-7-3-2-4-8-14/h2-4,7-8H,5-6,9-13H2,1H3,(H,19,20)(H,22,23). The van der Waals surface area contributed by atoms with Crippen LogP contribution in [0.4, 0.5) is 0 Å². The molecule has 1 unspecified atom stereocenters. The number of benzene rings is 1. The van der Waals surface area contributed by atoms with Crippen molar-refractivity contribution in [2.45, 2.75) is 52.1 Å². The average molecular weight is 336 g/mol. The molecule has 0 heterocycles. The minimum atomic E-state index is -1.05. The maximum atomic E-state index is 11.8. The van der Waals surface area contributed by atoms with Crippen LogP contribution in [0.5, 0.6) is 0 Å². The second-order valence-corrected chi connectivity index (χ2v) is 6.11. The number of carbonyl (C=O) groups is 3. The minimum Gasteiger partial charge on any atom is -0.481 e. The summed E-state index contributed by atoms with van der Waals surface area (Å²) in [6.45, 7) is 1.75. The summed E-state index contributed by atoms with van der Waals surface area (Å²) in [4.78, 5) is 33.8. The van der Waals surface area contributed by atoms with Gasteiger partial charge in [-0.05, 0) is 31.7 Å². The highest BCUT2D eigenvalue weighted by molar-refractivity contribution is 5.76. The van der Waals surface area contributed by atoms with Crippen LogP contribution in [0.25, 0.3) is 0 Å². The van der Waals surface area contributed by atoms with E-state index in [4.69, 9.17) is 9.84 Å². The first-order valence-electron chi connectivity index (χ1n) is 7.98. The van der Waals surface area contributed by atoms with Crippen LogP contribution in [0, 0.1) is 5.41 Å². The van der Waals surface area contributed by atoms with Gasteiger partial charge in [0.2, 0.25) is 0 Å². The zero-order chi connectivity index (χ0) is 18.0. The van der Waals surface area contributed by atoms with Crippen LogP contribution in [-0.2, 0) is 25.7 Å². The topological polar surface area (TPSA) is 101 Å². The van der Waals surface area contributed by atoms with Crippen LogP contribution in [-0.4, -0.2) is 28.1 Å². The van der Waals surface area contributed by atoms with E-state index in [1.807, 2.05) is 30.3 Å². The van der Waals surface area contributed by atoms with Gasteiger partial charge in [0.1, 0.15) is 6.61 Å². The van der Waals surface area contributed by atoms with Crippen molar-refractivity contribution in [2.24, 2.45) is 5.41 Å². The number of hydrogen-bond acceptors (Lipinski definition) is 4. The monoisotopic (exact) mass is 336 g/mol. The number of rotatable bonds is 11. The smallest absolute Gasteiger partial charge is 0.309 e. The van der Waals surface area contributed by atoms with Crippen LogP contribution in [0.1, 0.15) is 51.0 Å². The molecule has 0 saturated carbocycles. The molecule has 0 aliphatic carbocycles. The molecule has 132 valence electrons. The third kappa shape index (κ3) is 7.26. The van der Waals surface area contributed by atoms with Crippen LogP contribution in [0.3, 0.4) is 0 Å². The molecule has 0 aromatic heterocycles. The highest BCUT2D eigenvalue weighted by Gasteiger charge is 2.33. The fraction of sp³-hybridized carbons (Fsp3) is 0.500. The lowest BCUT2D eigenvalue weighted by molar-refractivity contribution is -0.151. The molecule has 0 bridgehead atoms. The molecule has 0 spiro atoms. The quantitative estimate of drug-likeness (QED) is 0.475. The molecule has 6 heteroatoms. The molecule has 24 heavy (non-hydrogen) atoms. The Morgan fingerprint density at radius 2 is 1.67 bits per heavy atom. The Kier molecular flexibility index (Phi) is 7.95. The van der Waals surface area contributed by atoms with E-state index in [1.54, 1.807) is 6.92 Å². The van der Waals surface area contributed by atoms with E-state index in [9.17, 15) is 19.5 Å². The summed E-state index contributed by atoms with van der Waals surface area (Å²) in [5.41, 5.74) is -0.176. The molecule has 0 aliphatic heterocycles. The summed E-state index contributed by atoms with van der Waals surface area (Å²) in [6, 6.07) is 9.26. The maximum Gasteiger partial charge on any atom is 0.309 e. The highest BCUT2D eigenvalue weighted by atomic mass is 16.5. The van der Waals surface area contributed by atoms with Crippen LogP contribution >= 0.6 is 0 Å². The van der Waals surface area contributed by atoms with E-state index >= 15 is 0 Å². The van der Waals surface area contributed by atoms with Crippen molar-refractivity contribution in [1.82, 2.24) is 0 Å². The van der Waals surface area contributed by atoms with Gasteiger partial charge in [-0.1, -0.05) is 36.8 Å². The molecular weight excluding hydrogens is 312 g/mol. The van der Waals surface area contributed by atoms with E-state index in [0.29, 0.717) is 19.3 Å². The van der Waals surface area contributed by atoms with Crippen molar-refractivity contribution in [3.05, 3.63) is 35.9 Å². The summed E-state index contributed by atoms with van der Waals surface area (Å²) in [7, 11) is 0. The summed E-state index contributed by atoms with van der Waals surface area (Å²) < 4.78 is 5.15. The predicted molar refractivity (Wildman–Crippen MR) is 87.3 cm³/mol. The van der Waals surface area contributed by atoms with Gasteiger partial charge in [-0.25, -0.2) is 0 Å². The molecule has 2 N–H and O–H groups in total. The number of esters is 1. The Morgan fingerprint density at radius 1 is 1.00 bits per heavy atom. The van der Waals surface area contributed by atoms with Gasteiger partial charge in [0.05, 0.1) is 5.41 Å². The lowest BCUT2D eigenvalue weighted by atomic mass is 9.80. The minimum absolute atomic E-state index is 0.0224. The first-order valence-corrected chi connectivity index (χ1v) is 7.98. The molecule has 0 aliphatic rings. The van der Waals surface area contributed by atoms with Gasteiger partial charge >= 0.3 is 17.9 Å². The average Bonchev–Trinajstić information content (AvgIpc) is 2.55. The summed E-state index contributed by atoms with van der Waals surface area (Å²) in [6.07, 6.45) is 1.47. The van der Waals surface area contributed by atoms with Crippen LogP contribution in [0.15, 0.2) is 30.3 Å². The van der Waals surface area contributed by atoms with Gasteiger partial charge < -0.3 is 14.9 Å². The molecule has 0 amide bonds. The number of ether oxygens (including phenoxy) is 1. The fourth-order valence-electron chi connectivity index (χ4n) is 2.32. The number of hydrogen-bond donors (Lipinski definition) is 2. The zero-order valence-electron chi connectivity index (χ0n) is 13.9. The Morgan fingerprint density at radius 3 is 2.25 bits per heavy atom. The van der Waals surface area contributed by atoms with E-state index in [0.717, 1.165) is 5.56 Å². The second kappa shape index (κ2) is 9.70.